The van der Waals surface area contributed by atoms with Gasteiger partial charge in [0, 0.05) is 30.0 Å². The number of nitrogens with one attached hydrogen (secondary N) is 2. The Morgan fingerprint density at radius 2 is 1.47 bits per heavy atom. The first-order valence-corrected chi connectivity index (χ1v) is 10.9. The lowest BCUT2D eigenvalue weighted by molar-refractivity contribution is 0.0734. The molecule has 5 nitrogen and oxygen atoms in total. The van der Waals surface area contributed by atoms with Crippen LogP contribution in [-0.4, -0.2) is 23.4 Å². The van der Waals surface area contributed by atoms with E-state index in [0.717, 1.165) is 17.7 Å². The number of anilines is 2. The Labute approximate surface area is 189 Å². The van der Waals surface area contributed by atoms with Crippen LogP contribution in [0.15, 0.2) is 72.8 Å². The number of nitrogens with zero attached hydrogens (tertiary/aromatic N) is 1. The fraction of sp³-hybridized carbons (Fsp3) is 0.259. The summed E-state index contributed by atoms with van der Waals surface area (Å²) >= 11 is 0. The highest BCUT2D eigenvalue weighted by Crippen LogP contribution is 2.25. The molecule has 0 atom stereocenters. The summed E-state index contributed by atoms with van der Waals surface area (Å²) in [5.41, 5.74) is 5.71. The first-order chi connectivity index (χ1) is 15.3. The Balaban J connectivity index is 1.41. The SMILES string of the molecule is CC(C)(C)c1ccc(NC(=O)Nc2ccc3c(c2)CN(C(=O)c2ccccc2)CC3)cc1. The normalized spacial score (nSPS) is 13.3. The van der Waals surface area contributed by atoms with Gasteiger partial charge >= 0.3 is 6.03 Å². The van der Waals surface area contributed by atoms with Gasteiger partial charge in [0.15, 0.2) is 0 Å². The van der Waals surface area contributed by atoms with Gasteiger partial charge in [0.2, 0.25) is 0 Å². The summed E-state index contributed by atoms with van der Waals surface area (Å²) in [6.07, 6.45) is 0.806. The summed E-state index contributed by atoms with van der Waals surface area (Å²) < 4.78 is 0. The zero-order chi connectivity index (χ0) is 22.7. The van der Waals surface area contributed by atoms with Gasteiger partial charge in [0.05, 0.1) is 0 Å². The number of hydrogen-bond acceptors (Lipinski definition) is 2. The number of hydrogen-bond donors (Lipinski definition) is 2. The van der Waals surface area contributed by atoms with E-state index in [1.54, 1.807) is 0 Å². The van der Waals surface area contributed by atoms with E-state index in [-0.39, 0.29) is 17.4 Å². The van der Waals surface area contributed by atoms with Crippen LogP contribution >= 0.6 is 0 Å². The Bertz CT molecular complexity index is 1120. The molecular formula is C27H29N3O2. The van der Waals surface area contributed by atoms with E-state index in [1.807, 2.05) is 77.7 Å². The fourth-order valence-electron chi connectivity index (χ4n) is 3.92. The minimum Gasteiger partial charge on any atom is -0.334 e. The van der Waals surface area contributed by atoms with Gasteiger partial charge in [-0.2, -0.15) is 0 Å². The van der Waals surface area contributed by atoms with Crippen molar-refractivity contribution in [1.29, 1.82) is 0 Å². The second-order valence-corrected chi connectivity index (χ2v) is 9.23. The summed E-state index contributed by atoms with van der Waals surface area (Å²) in [6, 6.07) is 22.9. The molecule has 0 radical (unpaired) electrons. The number of carbonyl (C=O) groups excluding carboxylic acids is 2. The third kappa shape index (κ3) is 4.99. The zero-order valence-corrected chi connectivity index (χ0v) is 18.8. The van der Waals surface area contributed by atoms with Crippen LogP contribution in [0.1, 0.15) is 47.8 Å². The Kier molecular flexibility index (Phi) is 5.99. The van der Waals surface area contributed by atoms with Crippen molar-refractivity contribution in [3.63, 3.8) is 0 Å². The maximum absolute atomic E-state index is 12.8. The van der Waals surface area contributed by atoms with Crippen LogP contribution in [0.4, 0.5) is 16.2 Å². The quantitative estimate of drug-likeness (QED) is 0.553. The molecule has 2 N–H and O–H groups in total. The Hall–Kier alpha value is -3.60. The highest BCUT2D eigenvalue weighted by molar-refractivity contribution is 6.00. The number of urea groups is 1. The maximum atomic E-state index is 12.8. The van der Waals surface area contributed by atoms with Crippen molar-refractivity contribution in [1.82, 2.24) is 4.90 Å². The van der Waals surface area contributed by atoms with Gasteiger partial charge in [-0.05, 0) is 64.9 Å². The molecule has 32 heavy (non-hydrogen) atoms. The molecular weight excluding hydrogens is 398 g/mol. The van der Waals surface area contributed by atoms with Gasteiger partial charge in [0.1, 0.15) is 0 Å². The molecule has 3 aromatic rings. The molecule has 1 aliphatic heterocycles. The molecule has 1 heterocycles. The standard InChI is InChI=1S/C27H29N3O2/c1-27(2,3)22-10-13-23(14-11-22)28-26(32)29-24-12-9-19-15-16-30(18-21(19)17-24)25(31)20-7-5-4-6-8-20/h4-14,17H,15-16,18H2,1-3H3,(H2,28,29,32). The second-order valence-electron chi connectivity index (χ2n) is 9.23. The fourth-order valence-corrected chi connectivity index (χ4v) is 3.92. The van der Waals surface area contributed by atoms with E-state index in [4.69, 9.17) is 0 Å². The highest BCUT2D eigenvalue weighted by atomic mass is 16.2. The molecule has 3 amide bonds. The summed E-state index contributed by atoms with van der Waals surface area (Å²) in [5.74, 6) is 0.0334. The van der Waals surface area contributed by atoms with Crippen LogP contribution in [0.3, 0.4) is 0 Å². The molecule has 0 unspecified atom stereocenters. The third-order valence-electron chi connectivity index (χ3n) is 5.79. The zero-order valence-electron chi connectivity index (χ0n) is 18.8. The van der Waals surface area contributed by atoms with Gasteiger partial charge in [-0.3, -0.25) is 4.79 Å². The van der Waals surface area contributed by atoms with Crippen molar-refractivity contribution in [3.8, 4) is 0 Å². The van der Waals surface area contributed by atoms with Crippen molar-refractivity contribution in [2.75, 3.05) is 17.2 Å². The van der Waals surface area contributed by atoms with E-state index in [9.17, 15) is 9.59 Å². The van der Waals surface area contributed by atoms with Gasteiger partial charge in [0.25, 0.3) is 5.91 Å². The number of benzene rings is 3. The number of fused-ring (bicyclic) bond motifs is 1. The van der Waals surface area contributed by atoms with Crippen molar-refractivity contribution in [2.24, 2.45) is 0 Å². The van der Waals surface area contributed by atoms with Gasteiger partial charge in [-0.15, -0.1) is 0 Å². The van der Waals surface area contributed by atoms with E-state index >= 15 is 0 Å². The molecule has 4 rings (SSSR count). The van der Waals surface area contributed by atoms with E-state index in [2.05, 4.69) is 31.4 Å². The molecule has 0 saturated heterocycles. The number of carbonyl (C=O) groups is 2. The molecule has 1 aliphatic rings. The first-order valence-electron chi connectivity index (χ1n) is 10.9. The Morgan fingerprint density at radius 3 is 2.16 bits per heavy atom. The summed E-state index contributed by atoms with van der Waals surface area (Å²) in [4.78, 5) is 27.2. The Morgan fingerprint density at radius 1 is 0.812 bits per heavy atom. The first kappa shape index (κ1) is 21.6. The minimum atomic E-state index is -0.290. The minimum absolute atomic E-state index is 0.0334. The van der Waals surface area contributed by atoms with Crippen LogP contribution in [-0.2, 0) is 18.4 Å². The molecule has 0 bridgehead atoms. The van der Waals surface area contributed by atoms with Crippen molar-refractivity contribution >= 4 is 23.3 Å². The van der Waals surface area contributed by atoms with Crippen LogP contribution < -0.4 is 10.6 Å². The van der Waals surface area contributed by atoms with Gasteiger partial charge in [-0.1, -0.05) is 57.2 Å². The van der Waals surface area contributed by atoms with Crippen LogP contribution in [0.25, 0.3) is 0 Å². The molecule has 0 saturated carbocycles. The van der Waals surface area contributed by atoms with Crippen LogP contribution in [0.5, 0.6) is 0 Å². The average molecular weight is 428 g/mol. The summed E-state index contributed by atoms with van der Waals surface area (Å²) in [6.45, 7) is 7.71. The van der Waals surface area contributed by atoms with E-state index in [1.165, 1.54) is 11.1 Å². The van der Waals surface area contributed by atoms with Crippen molar-refractivity contribution < 1.29 is 9.59 Å². The molecule has 5 heteroatoms. The number of rotatable bonds is 3. The van der Waals surface area contributed by atoms with E-state index < -0.39 is 0 Å². The molecule has 0 aliphatic carbocycles. The lowest BCUT2D eigenvalue weighted by Gasteiger charge is -2.29. The predicted molar refractivity (Wildman–Crippen MR) is 129 cm³/mol. The third-order valence-corrected chi connectivity index (χ3v) is 5.79. The second kappa shape index (κ2) is 8.87. The largest absolute Gasteiger partial charge is 0.334 e. The smallest absolute Gasteiger partial charge is 0.323 e. The lowest BCUT2D eigenvalue weighted by atomic mass is 9.87. The maximum Gasteiger partial charge on any atom is 0.323 e. The van der Waals surface area contributed by atoms with Crippen LogP contribution in [0.2, 0.25) is 0 Å². The summed E-state index contributed by atoms with van der Waals surface area (Å²) in [7, 11) is 0. The van der Waals surface area contributed by atoms with Gasteiger partial charge < -0.3 is 15.5 Å². The van der Waals surface area contributed by atoms with Crippen molar-refractivity contribution in [2.45, 2.75) is 39.2 Å². The topological polar surface area (TPSA) is 61.4 Å². The van der Waals surface area contributed by atoms with Crippen LogP contribution in [0, 0.1) is 0 Å². The molecule has 0 fully saturated rings. The molecule has 164 valence electrons. The molecule has 0 spiro atoms. The lowest BCUT2D eigenvalue weighted by Crippen LogP contribution is -2.36. The highest BCUT2D eigenvalue weighted by Gasteiger charge is 2.22. The monoisotopic (exact) mass is 427 g/mol. The predicted octanol–water partition coefficient (Wildman–Crippen LogP) is 5.83. The molecule has 0 aromatic heterocycles. The number of amides is 3. The van der Waals surface area contributed by atoms with E-state index in [0.29, 0.717) is 24.3 Å². The molecule has 3 aromatic carbocycles. The summed E-state index contributed by atoms with van der Waals surface area (Å²) in [5, 5.41) is 5.79. The van der Waals surface area contributed by atoms with Gasteiger partial charge in [-0.25, -0.2) is 4.79 Å². The average Bonchev–Trinajstić information content (AvgIpc) is 2.78. The van der Waals surface area contributed by atoms with Crippen molar-refractivity contribution in [3.05, 3.63) is 95.1 Å².